The third-order valence-corrected chi connectivity index (χ3v) is 4.02. The standard InChI is InChI=1S/C16H25N3O2/c1-3-5-14-8-13(16(20)21)9-15(18-14)17-10-12-6-7-19(4-2)11-12/h8-9,12H,3-7,10-11H2,1-2H3,(H,17,18)(H,20,21). The lowest BCUT2D eigenvalue weighted by Gasteiger charge is -2.15. The van der Waals surface area contributed by atoms with E-state index in [0.717, 1.165) is 44.7 Å². The molecular weight excluding hydrogens is 266 g/mol. The quantitative estimate of drug-likeness (QED) is 0.808. The van der Waals surface area contributed by atoms with E-state index in [1.807, 2.05) is 0 Å². The summed E-state index contributed by atoms with van der Waals surface area (Å²) in [6, 6.07) is 3.30. The molecule has 0 bridgehead atoms. The fourth-order valence-corrected chi connectivity index (χ4v) is 2.80. The highest BCUT2D eigenvalue weighted by molar-refractivity contribution is 5.88. The lowest BCUT2D eigenvalue weighted by molar-refractivity contribution is 0.0696. The molecule has 1 aromatic heterocycles. The van der Waals surface area contributed by atoms with Crippen LogP contribution in [0.15, 0.2) is 12.1 Å². The van der Waals surface area contributed by atoms with E-state index in [0.29, 0.717) is 17.3 Å². The molecule has 1 fully saturated rings. The van der Waals surface area contributed by atoms with Crippen LogP contribution < -0.4 is 5.32 Å². The molecule has 1 unspecified atom stereocenters. The first kappa shape index (κ1) is 15.8. The SMILES string of the molecule is CCCc1cc(C(=O)O)cc(NCC2CCN(CC)C2)n1. The molecule has 0 amide bonds. The topological polar surface area (TPSA) is 65.5 Å². The van der Waals surface area contributed by atoms with Crippen molar-refractivity contribution in [1.29, 1.82) is 0 Å². The molecule has 1 atom stereocenters. The van der Waals surface area contributed by atoms with E-state index in [-0.39, 0.29) is 0 Å². The lowest BCUT2D eigenvalue weighted by Crippen LogP contribution is -2.22. The fourth-order valence-electron chi connectivity index (χ4n) is 2.80. The molecule has 2 N–H and O–H groups in total. The van der Waals surface area contributed by atoms with Crippen molar-refractivity contribution < 1.29 is 9.90 Å². The predicted octanol–water partition coefficient (Wildman–Crippen LogP) is 2.49. The van der Waals surface area contributed by atoms with E-state index < -0.39 is 5.97 Å². The summed E-state index contributed by atoms with van der Waals surface area (Å²) in [5.41, 5.74) is 1.17. The number of likely N-dealkylation sites (tertiary alicyclic amines) is 1. The van der Waals surface area contributed by atoms with Crippen LogP contribution in [0, 0.1) is 5.92 Å². The second kappa shape index (κ2) is 7.41. The van der Waals surface area contributed by atoms with Gasteiger partial charge in [0.1, 0.15) is 5.82 Å². The Labute approximate surface area is 126 Å². The summed E-state index contributed by atoms with van der Waals surface area (Å²) in [6.07, 6.45) is 2.97. The molecule has 0 spiro atoms. The van der Waals surface area contributed by atoms with Gasteiger partial charge in [-0.3, -0.25) is 0 Å². The van der Waals surface area contributed by atoms with Gasteiger partial charge in [0.2, 0.25) is 0 Å². The molecule has 1 aliphatic heterocycles. The number of nitrogens with zero attached hydrogens (tertiary/aromatic N) is 2. The van der Waals surface area contributed by atoms with Crippen LogP contribution in [0.2, 0.25) is 0 Å². The molecule has 0 saturated carbocycles. The van der Waals surface area contributed by atoms with E-state index in [1.165, 1.54) is 6.42 Å². The average Bonchev–Trinajstić information content (AvgIpc) is 2.93. The van der Waals surface area contributed by atoms with Crippen LogP contribution in [0.25, 0.3) is 0 Å². The van der Waals surface area contributed by atoms with Crippen molar-refractivity contribution in [1.82, 2.24) is 9.88 Å². The number of aryl methyl sites for hydroxylation is 1. The van der Waals surface area contributed by atoms with Crippen molar-refractivity contribution in [3.63, 3.8) is 0 Å². The van der Waals surface area contributed by atoms with Crippen LogP contribution >= 0.6 is 0 Å². The van der Waals surface area contributed by atoms with Crippen LogP contribution in [0.1, 0.15) is 42.7 Å². The maximum absolute atomic E-state index is 11.2. The Balaban J connectivity index is 2.00. The molecule has 0 radical (unpaired) electrons. The summed E-state index contributed by atoms with van der Waals surface area (Å²) in [5, 5.41) is 12.5. The monoisotopic (exact) mass is 291 g/mol. The van der Waals surface area contributed by atoms with Gasteiger partial charge in [-0.15, -0.1) is 0 Å². The molecule has 2 rings (SSSR count). The third-order valence-electron chi connectivity index (χ3n) is 4.02. The Morgan fingerprint density at radius 2 is 2.29 bits per heavy atom. The van der Waals surface area contributed by atoms with Crippen LogP contribution in [0.5, 0.6) is 0 Å². The number of hydrogen-bond acceptors (Lipinski definition) is 4. The fraction of sp³-hybridized carbons (Fsp3) is 0.625. The Hall–Kier alpha value is -1.62. The number of aromatic carboxylic acids is 1. The molecule has 5 nitrogen and oxygen atoms in total. The molecule has 1 aromatic rings. The van der Waals surface area contributed by atoms with Crippen molar-refractivity contribution in [2.45, 2.75) is 33.1 Å². The summed E-state index contributed by atoms with van der Waals surface area (Å²) < 4.78 is 0. The third kappa shape index (κ3) is 4.43. The zero-order chi connectivity index (χ0) is 15.2. The number of pyridine rings is 1. The minimum atomic E-state index is -0.893. The number of carboxylic acid groups (broad SMARTS) is 1. The number of nitrogens with one attached hydrogen (secondary N) is 1. The first-order chi connectivity index (χ1) is 10.1. The van der Waals surface area contributed by atoms with Gasteiger partial charge in [-0.2, -0.15) is 0 Å². The van der Waals surface area contributed by atoms with Gasteiger partial charge in [0.05, 0.1) is 5.56 Å². The molecule has 0 aliphatic carbocycles. The van der Waals surface area contributed by atoms with Crippen molar-refractivity contribution in [3.8, 4) is 0 Å². The van der Waals surface area contributed by atoms with E-state index in [9.17, 15) is 9.90 Å². The first-order valence-corrected chi connectivity index (χ1v) is 7.82. The van der Waals surface area contributed by atoms with Gasteiger partial charge in [-0.1, -0.05) is 20.3 Å². The molecule has 1 saturated heterocycles. The summed E-state index contributed by atoms with van der Waals surface area (Å²) in [7, 11) is 0. The smallest absolute Gasteiger partial charge is 0.335 e. The van der Waals surface area contributed by atoms with E-state index >= 15 is 0 Å². The highest BCUT2D eigenvalue weighted by Crippen LogP contribution is 2.18. The van der Waals surface area contributed by atoms with Crippen LogP contribution in [0.3, 0.4) is 0 Å². The molecule has 5 heteroatoms. The highest BCUT2D eigenvalue weighted by Gasteiger charge is 2.21. The van der Waals surface area contributed by atoms with Gasteiger partial charge < -0.3 is 15.3 Å². The van der Waals surface area contributed by atoms with E-state index in [2.05, 4.69) is 29.0 Å². The Morgan fingerprint density at radius 3 is 2.90 bits per heavy atom. The maximum Gasteiger partial charge on any atom is 0.335 e. The number of anilines is 1. The number of rotatable bonds is 7. The number of carbonyl (C=O) groups is 1. The Bertz CT molecular complexity index is 490. The molecule has 2 heterocycles. The molecule has 116 valence electrons. The first-order valence-electron chi connectivity index (χ1n) is 7.82. The van der Waals surface area contributed by atoms with Crippen LogP contribution in [-0.4, -0.2) is 47.1 Å². The van der Waals surface area contributed by atoms with Gasteiger partial charge >= 0.3 is 5.97 Å². The second-order valence-corrected chi connectivity index (χ2v) is 5.72. The minimum absolute atomic E-state index is 0.317. The summed E-state index contributed by atoms with van der Waals surface area (Å²) in [6.45, 7) is 8.49. The zero-order valence-corrected chi connectivity index (χ0v) is 12.9. The van der Waals surface area contributed by atoms with Gasteiger partial charge in [-0.25, -0.2) is 9.78 Å². The maximum atomic E-state index is 11.2. The molecular formula is C16H25N3O2. The summed E-state index contributed by atoms with van der Waals surface area (Å²) >= 11 is 0. The van der Waals surface area contributed by atoms with Crippen molar-refractivity contribution in [2.75, 3.05) is 31.5 Å². The van der Waals surface area contributed by atoms with Gasteiger partial charge in [0.25, 0.3) is 0 Å². The lowest BCUT2D eigenvalue weighted by atomic mass is 10.1. The second-order valence-electron chi connectivity index (χ2n) is 5.72. The number of hydrogen-bond donors (Lipinski definition) is 2. The Kier molecular flexibility index (Phi) is 5.56. The number of carboxylic acids is 1. The van der Waals surface area contributed by atoms with Crippen molar-refractivity contribution in [2.24, 2.45) is 5.92 Å². The normalized spacial score (nSPS) is 18.9. The van der Waals surface area contributed by atoms with E-state index in [4.69, 9.17) is 0 Å². The van der Waals surface area contributed by atoms with Crippen molar-refractivity contribution in [3.05, 3.63) is 23.4 Å². The molecule has 1 aliphatic rings. The largest absolute Gasteiger partial charge is 0.478 e. The average molecular weight is 291 g/mol. The minimum Gasteiger partial charge on any atom is -0.478 e. The van der Waals surface area contributed by atoms with Crippen LogP contribution in [0.4, 0.5) is 5.82 Å². The van der Waals surface area contributed by atoms with Gasteiger partial charge in [0, 0.05) is 18.8 Å². The van der Waals surface area contributed by atoms with Gasteiger partial charge in [0.15, 0.2) is 0 Å². The van der Waals surface area contributed by atoms with Crippen molar-refractivity contribution >= 4 is 11.8 Å². The summed E-state index contributed by atoms with van der Waals surface area (Å²) in [4.78, 5) is 18.1. The molecule has 21 heavy (non-hydrogen) atoms. The van der Waals surface area contributed by atoms with Crippen LogP contribution in [-0.2, 0) is 6.42 Å². The molecule has 0 aromatic carbocycles. The highest BCUT2D eigenvalue weighted by atomic mass is 16.4. The van der Waals surface area contributed by atoms with E-state index in [1.54, 1.807) is 12.1 Å². The zero-order valence-electron chi connectivity index (χ0n) is 12.9. The van der Waals surface area contributed by atoms with Gasteiger partial charge in [-0.05, 0) is 44.0 Å². The Morgan fingerprint density at radius 1 is 1.48 bits per heavy atom. The number of aromatic nitrogens is 1. The summed E-state index contributed by atoms with van der Waals surface area (Å²) in [5.74, 6) is 0.416. The predicted molar refractivity (Wildman–Crippen MR) is 83.9 cm³/mol.